The number of unbranched alkanes of at least 4 members (excludes halogenated alkanes) is 1. The largest absolute Gasteiger partial charge is 0.494 e. The molecule has 3 aromatic carbocycles. The van der Waals surface area contributed by atoms with Crippen molar-refractivity contribution in [2.75, 3.05) is 30.3 Å². The average Bonchev–Trinajstić information content (AvgIpc) is 2.95. The van der Waals surface area contributed by atoms with Crippen molar-refractivity contribution in [2.45, 2.75) is 45.7 Å². The fourth-order valence-electron chi connectivity index (χ4n) is 4.40. The van der Waals surface area contributed by atoms with Gasteiger partial charge >= 0.3 is 0 Å². The molecule has 0 heterocycles. The number of amides is 2. The zero-order valence-electron chi connectivity index (χ0n) is 24.1. The Morgan fingerprint density at radius 2 is 1.57 bits per heavy atom. The normalized spacial score (nSPS) is 11.9. The molecule has 1 atom stereocenters. The Kier molecular flexibility index (Phi) is 12.5. The van der Waals surface area contributed by atoms with Crippen LogP contribution in [-0.2, 0) is 32.6 Å². The highest BCUT2D eigenvalue weighted by atomic mass is 35.5. The molecular weight excluding hydrogens is 597 g/mol. The van der Waals surface area contributed by atoms with Crippen molar-refractivity contribution in [3.05, 3.63) is 94.0 Å². The number of nitrogens with one attached hydrogen (secondary N) is 1. The van der Waals surface area contributed by atoms with Gasteiger partial charge in [-0.15, -0.1) is 0 Å². The van der Waals surface area contributed by atoms with Gasteiger partial charge in [0.15, 0.2) is 0 Å². The van der Waals surface area contributed by atoms with Gasteiger partial charge < -0.3 is 15.0 Å². The van der Waals surface area contributed by atoms with Gasteiger partial charge in [-0.3, -0.25) is 13.9 Å². The molecule has 0 saturated carbocycles. The smallest absolute Gasteiger partial charge is 0.244 e. The van der Waals surface area contributed by atoms with Crippen LogP contribution in [0.5, 0.6) is 5.75 Å². The summed E-state index contributed by atoms with van der Waals surface area (Å²) in [5.74, 6) is -0.365. The molecule has 0 radical (unpaired) electrons. The van der Waals surface area contributed by atoms with E-state index in [9.17, 15) is 18.0 Å². The van der Waals surface area contributed by atoms with E-state index in [-0.39, 0.29) is 24.6 Å². The Balaban J connectivity index is 2.06. The van der Waals surface area contributed by atoms with Crippen LogP contribution in [-0.4, -0.2) is 57.1 Å². The van der Waals surface area contributed by atoms with Gasteiger partial charge in [-0.25, -0.2) is 8.42 Å². The number of rotatable bonds is 15. The van der Waals surface area contributed by atoms with E-state index in [2.05, 4.69) is 5.32 Å². The number of carbonyl (C=O) groups excluding carboxylic acids is 2. The molecule has 11 heteroatoms. The van der Waals surface area contributed by atoms with Gasteiger partial charge in [-0.2, -0.15) is 0 Å². The van der Waals surface area contributed by atoms with Crippen LogP contribution in [0.2, 0.25) is 10.0 Å². The van der Waals surface area contributed by atoms with Crippen molar-refractivity contribution < 1.29 is 22.7 Å². The van der Waals surface area contributed by atoms with E-state index in [1.165, 1.54) is 4.90 Å². The molecule has 0 bridgehead atoms. The van der Waals surface area contributed by atoms with E-state index >= 15 is 0 Å². The van der Waals surface area contributed by atoms with Crippen molar-refractivity contribution >= 4 is 50.7 Å². The molecule has 226 valence electrons. The number of hydrogen-bond acceptors (Lipinski definition) is 5. The van der Waals surface area contributed by atoms with Gasteiger partial charge in [0.25, 0.3) is 0 Å². The third kappa shape index (κ3) is 9.37. The van der Waals surface area contributed by atoms with Crippen molar-refractivity contribution in [2.24, 2.45) is 0 Å². The molecule has 0 aliphatic rings. The van der Waals surface area contributed by atoms with Gasteiger partial charge in [0.1, 0.15) is 18.3 Å². The maximum absolute atomic E-state index is 14.2. The second-order valence-electron chi connectivity index (χ2n) is 9.77. The molecule has 0 fully saturated rings. The molecule has 3 rings (SSSR count). The monoisotopic (exact) mass is 633 g/mol. The van der Waals surface area contributed by atoms with E-state index in [1.54, 1.807) is 42.5 Å². The Morgan fingerprint density at radius 1 is 0.929 bits per heavy atom. The second-order valence-corrected chi connectivity index (χ2v) is 12.5. The molecule has 42 heavy (non-hydrogen) atoms. The molecule has 3 aromatic rings. The highest BCUT2D eigenvalue weighted by molar-refractivity contribution is 7.92. The maximum Gasteiger partial charge on any atom is 0.244 e. The van der Waals surface area contributed by atoms with Crippen molar-refractivity contribution in [3.63, 3.8) is 0 Å². The molecule has 0 aromatic heterocycles. The summed E-state index contributed by atoms with van der Waals surface area (Å²) in [7, 11) is -3.89. The van der Waals surface area contributed by atoms with E-state index in [1.807, 2.05) is 44.2 Å². The van der Waals surface area contributed by atoms with Crippen molar-refractivity contribution in [3.8, 4) is 5.75 Å². The van der Waals surface area contributed by atoms with Crippen molar-refractivity contribution in [1.29, 1.82) is 0 Å². The summed E-state index contributed by atoms with van der Waals surface area (Å²) in [5, 5.41) is 3.60. The lowest BCUT2D eigenvalue weighted by Gasteiger charge is -2.34. The number of nitrogens with zero attached hydrogens (tertiary/aromatic N) is 2. The van der Waals surface area contributed by atoms with Crippen molar-refractivity contribution in [1.82, 2.24) is 10.2 Å². The van der Waals surface area contributed by atoms with Gasteiger partial charge in [0, 0.05) is 35.1 Å². The summed E-state index contributed by atoms with van der Waals surface area (Å²) >= 11 is 13.0. The quantitative estimate of drug-likeness (QED) is 0.216. The van der Waals surface area contributed by atoms with Crippen LogP contribution < -0.4 is 14.4 Å². The standard InChI is InChI=1S/C31H37Cl2N3O5S/c1-4-6-19-34-31(38)29(20-23-11-8-7-9-12-23)35(21-26-27(32)13-10-14-28(26)33)30(37)22-36(42(3,39)40)24-15-17-25(18-16-24)41-5-2/h7-18,29H,4-6,19-22H2,1-3H3,(H,34,38)/t29-/m0/s1. The fraction of sp³-hybridized carbons (Fsp3) is 0.355. The van der Waals surface area contributed by atoms with Gasteiger partial charge in [-0.1, -0.05) is 72.9 Å². The van der Waals surface area contributed by atoms with Crippen LogP contribution in [0.4, 0.5) is 5.69 Å². The summed E-state index contributed by atoms with van der Waals surface area (Å²) in [6, 6.07) is 19.8. The Morgan fingerprint density at radius 3 is 2.14 bits per heavy atom. The first-order chi connectivity index (χ1) is 20.0. The zero-order valence-corrected chi connectivity index (χ0v) is 26.4. The Bertz CT molecular complexity index is 1420. The Hall–Kier alpha value is -3.27. The minimum atomic E-state index is -3.89. The van der Waals surface area contributed by atoms with Crippen LogP contribution in [0.25, 0.3) is 0 Å². The summed E-state index contributed by atoms with van der Waals surface area (Å²) in [6.07, 6.45) is 2.89. The molecule has 0 saturated heterocycles. The summed E-state index contributed by atoms with van der Waals surface area (Å²) < 4.78 is 32.4. The molecule has 2 amide bonds. The minimum absolute atomic E-state index is 0.100. The highest BCUT2D eigenvalue weighted by Crippen LogP contribution is 2.28. The lowest BCUT2D eigenvalue weighted by Crippen LogP contribution is -2.53. The van der Waals surface area contributed by atoms with E-state index in [4.69, 9.17) is 27.9 Å². The topological polar surface area (TPSA) is 96.0 Å². The summed E-state index contributed by atoms with van der Waals surface area (Å²) in [5.41, 5.74) is 1.58. The predicted octanol–water partition coefficient (Wildman–Crippen LogP) is 5.71. The summed E-state index contributed by atoms with van der Waals surface area (Å²) in [4.78, 5) is 29.2. The van der Waals surface area contributed by atoms with Crippen LogP contribution in [0.15, 0.2) is 72.8 Å². The lowest BCUT2D eigenvalue weighted by atomic mass is 10.0. The first kappa shape index (κ1) is 33.2. The number of carbonyl (C=O) groups is 2. The Labute approximate surface area is 258 Å². The molecule has 0 aliphatic carbocycles. The second kappa shape index (κ2) is 15.8. The van der Waals surface area contributed by atoms with Crippen LogP contribution >= 0.6 is 23.2 Å². The van der Waals surface area contributed by atoms with Crippen LogP contribution in [0.3, 0.4) is 0 Å². The average molecular weight is 635 g/mol. The molecule has 0 aliphatic heterocycles. The van der Waals surface area contributed by atoms with Gasteiger partial charge in [-0.05, 0) is 55.3 Å². The van der Waals surface area contributed by atoms with Crippen LogP contribution in [0, 0.1) is 0 Å². The number of ether oxygens (including phenoxy) is 1. The number of benzene rings is 3. The zero-order chi connectivity index (χ0) is 30.7. The molecule has 8 nitrogen and oxygen atoms in total. The van der Waals surface area contributed by atoms with Gasteiger partial charge in [0.05, 0.1) is 18.6 Å². The third-order valence-corrected chi connectivity index (χ3v) is 8.45. The number of sulfonamides is 1. The SMILES string of the molecule is CCCCNC(=O)[C@H](Cc1ccccc1)N(Cc1c(Cl)cccc1Cl)C(=O)CN(c1ccc(OCC)cc1)S(C)(=O)=O. The highest BCUT2D eigenvalue weighted by Gasteiger charge is 2.33. The lowest BCUT2D eigenvalue weighted by molar-refractivity contribution is -0.140. The van der Waals surface area contributed by atoms with E-state index in [0.717, 1.165) is 29.0 Å². The van der Waals surface area contributed by atoms with Gasteiger partial charge in [0.2, 0.25) is 21.8 Å². The molecule has 0 unspecified atom stereocenters. The summed E-state index contributed by atoms with van der Waals surface area (Å²) in [6.45, 7) is 4.12. The molecule has 0 spiro atoms. The maximum atomic E-state index is 14.2. The van der Waals surface area contributed by atoms with Crippen LogP contribution in [0.1, 0.15) is 37.8 Å². The van der Waals surface area contributed by atoms with E-state index < -0.39 is 28.5 Å². The number of halogens is 2. The fourth-order valence-corrected chi connectivity index (χ4v) is 5.77. The predicted molar refractivity (Wildman–Crippen MR) is 169 cm³/mol. The molecule has 1 N–H and O–H groups in total. The number of hydrogen-bond donors (Lipinski definition) is 1. The number of anilines is 1. The first-order valence-corrected chi connectivity index (χ1v) is 16.4. The molecular formula is C31H37Cl2N3O5S. The minimum Gasteiger partial charge on any atom is -0.494 e. The van der Waals surface area contributed by atoms with E-state index in [0.29, 0.717) is 34.5 Å². The third-order valence-electron chi connectivity index (χ3n) is 6.61. The first-order valence-electron chi connectivity index (χ1n) is 13.8.